The highest BCUT2D eigenvalue weighted by Crippen LogP contribution is 2.19. The molecule has 3 rings (SSSR count). The number of methoxy groups -OCH3 is 1. The molecule has 0 aliphatic rings. The van der Waals surface area contributed by atoms with Gasteiger partial charge < -0.3 is 10.1 Å². The van der Waals surface area contributed by atoms with Crippen molar-refractivity contribution in [2.75, 3.05) is 12.4 Å². The quantitative estimate of drug-likeness (QED) is 0.749. The maximum absolute atomic E-state index is 11.4. The Morgan fingerprint density at radius 1 is 1.09 bits per heavy atom. The fraction of sp³-hybridized carbons (Fsp3) is 0.118. The molecule has 0 amide bonds. The van der Waals surface area contributed by atoms with Crippen LogP contribution in [0.3, 0.4) is 0 Å². The summed E-state index contributed by atoms with van der Waals surface area (Å²) in [7, 11) is 1.37. The summed E-state index contributed by atoms with van der Waals surface area (Å²) >= 11 is 0. The molecule has 0 radical (unpaired) electrons. The van der Waals surface area contributed by atoms with E-state index >= 15 is 0 Å². The molecule has 22 heavy (non-hydrogen) atoms. The number of esters is 1. The summed E-state index contributed by atoms with van der Waals surface area (Å²) in [5.41, 5.74) is 2.50. The summed E-state index contributed by atoms with van der Waals surface area (Å²) in [5.74, 6) is 0.462. The number of carbonyl (C=O) groups excluding carboxylic acids is 1. The minimum Gasteiger partial charge on any atom is -0.465 e. The standard InChI is InChI=1S/C17H15N3O2/c1-22-17(21)13-8-6-12(7-9-13)10-18-16-14-4-2-3-5-15(14)19-11-20-16/h2-9,11H,10H2,1H3,(H,18,19,20). The third-order valence-corrected chi connectivity index (χ3v) is 3.38. The second kappa shape index (κ2) is 6.22. The second-order valence-corrected chi connectivity index (χ2v) is 4.78. The third kappa shape index (κ3) is 2.88. The van der Waals surface area contributed by atoms with Crippen molar-refractivity contribution in [3.8, 4) is 0 Å². The first-order chi connectivity index (χ1) is 10.8. The van der Waals surface area contributed by atoms with Gasteiger partial charge in [0.05, 0.1) is 18.2 Å². The minimum atomic E-state index is -0.332. The summed E-state index contributed by atoms with van der Waals surface area (Å²) < 4.78 is 4.68. The summed E-state index contributed by atoms with van der Waals surface area (Å²) in [6, 6.07) is 15.1. The molecule has 0 aliphatic carbocycles. The monoisotopic (exact) mass is 293 g/mol. The van der Waals surface area contributed by atoms with Crippen LogP contribution >= 0.6 is 0 Å². The predicted molar refractivity (Wildman–Crippen MR) is 84.6 cm³/mol. The van der Waals surface area contributed by atoms with Gasteiger partial charge in [0.1, 0.15) is 12.1 Å². The number of rotatable bonds is 4. The highest BCUT2D eigenvalue weighted by molar-refractivity contribution is 5.89. The number of nitrogens with zero attached hydrogens (tertiary/aromatic N) is 2. The van der Waals surface area contributed by atoms with Crippen LogP contribution in [0.2, 0.25) is 0 Å². The zero-order chi connectivity index (χ0) is 15.4. The van der Waals surface area contributed by atoms with E-state index in [2.05, 4.69) is 20.0 Å². The van der Waals surface area contributed by atoms with E-state index in [1.165, 1.54) is 7.11 Å². The zero-order valence-electron chi connectivity index (χ0n) is 12.1. The highest BCUT2D eigenvalue weighted by Gasteiger charge is 2.05. The first kappa shape index (κ1) is 14.0. The SMILES string of the molecule is COC(=O)c1ccc(CNc2ncnc3ccccc23)cc1. The molecule has 0 saturated carbocycles. The van der Waals surface area contributed by atoms with Gasteiger partial charge in [-0.05, 0) is 29.8 Å². The molecule has 1 heterocycles. The predicted octanol–water partition coefficient (Wildman–Crippen LogP) is 3.03. The molecule has 0 bridgehead atoms. The Balaban J connectivity index is 1.75. The Hall–Kier alpha value is -2.95. The number of hydrogen-bond donors (Lipinski definition) is 1. The Kier molecular flexibility index (Phi) is 3.96. The average Bonchev–Trinajstić information content (AvgIpc) is 2.59. The van der Waals surface area contributed by atoms with Crippen LogP contribution in [0.15, 0.2) is 54.9 Å². The van der Waals surface area contributed by atoms with Crippen LogP contribution in [0.1, 0.15) is 15.9 Å². The van der Waals surface area contributed by atoms with E-state index in [1.54, 1.807) is 18.5 Å². The fourth-order valence-electron chi connectivity index (χ4n) is 2.21. The van der Waals surface area contributed by atoms with Crippen LogP contribution < -0.4 is 5.32 Å². The Morgan fingerprint density at radius 3 is 2.64 bits per heavy atom. The Morgan fingerprint density at radius 2 is 1.86 bits per heavy atom. The van der Waals surface area contributed by atoms with Crippen molar-refractivity contribution in [2.45, 2.75) is 6.54 Å². The summed E-state index contributed by atoms with van der Waals surface area (Å²) in [5, 5.41) is 4.28. The van der Waals surface area contributed by atoms with Gasteiger partial charge in [0.25, 0.3) is 0 Å². The number of para-hydroxylation sites is 1. The molecule has 0 atom stereocenters. The molecular formula is C17H15N3O2. The molecule has 2 aromatic carbocycles. The number of benzene rings is 2. The van der Waals surface area contributed by atoms with Gasteiger partial charge in [0, 0.05) is 11.9 Å². The van der Waals surface area contributed by atoms with Crippen LogP contribution in [0.25, 0.3) is 10.9 Å². The highest BCUT2D eigenvalue weighted by atomic mass is 16.5. The molecule has 0 aliphatic heterocycles. The van der Waals surface area contributed by atoms with E-state index in [0.29, 0.717) is 12.1 Å². The second-order valence-electron chi connectivity index (χ2n) is 4.78. The van der Waals surface area contributed by atoms with Crippen molar-refractivity contribution in [1.29, 1.82) is 0 Å². The molecule has 0 saturated heterocycles. The minimum absolute atomic E-state index is 0.332. The van der Waals surface area contributed by atoms with E-state index in [9.17, 15) is 4.79 Å². The van der Waals surface area contributed by atoms with E-state index in [1.807, 2.05) is 36.4 Å². The van der Waals surface area contributed by atoms with Crippen LogP contribution in [0.5, 0.6) is 0 Å². The Bertz CT molecular complexity index is 795. The topological polar surface area (TPSA) is 64.1 Å². The number of fused-ring (bicyclic) bond motifs is 1. The first-order valence-corrected chi connectivity index (χ1v) is 6.89. The van der Waals surface area contributed by atoms with E-state index in [4.69, 9.17) is 0 Å². The molecule has 1 aromatic heterocycles. The van der Waals surface area contributed by atoms with Crippen molar-refractivity contribution in [3.63, 3.8) is 0 Å². The van der Waals surface area contributed by atoms with Crippen molar-refractivity contribution >= 4 is 22.7 Å². The van der Waals surface area contributed by atoms with E-state index < -0.39 is 0 Å². The molecule has 0 unspecified atom stereocenters. The van der Waals surface area contributed by atoms with Gasteiger partial charge >= 0.3 is 5.97 Å². The van der Waals surface area contributed by atoms with E-state index in [0.717, 1.165) is 22.3 Å². The van der Waals surface area contributed by atoms with Gasteiger partial charge in [-0.15, -0.1) is 0 Å². The number of anilines is 1. The molecule has 5 heteroatoms. The molecule has 1 N–H and O–H groups in total. The zero-order valence-corrected chi connectivity index (χ0v) is 12.1. The van der Waals surface area contributed by atoms with Crippen molar-refractivity contribution in [3.05, 3.63) is 66.0 Å². The van der Waals surface area contributed by atoms with Crippen molar-refractivity contribution in [1.82, 2.24) is 9.97 Å². The third-order valence-electron chi connectivity index (χ3n) is 3.38. The average molecular weight is 293 g/mol. The normalized spacial score (nSPS) is 10.4. The summed E-state index contributed by atoms with van der Waals surface area (Å²) in [6.07, 6.45) is 1.55. The van der Waals surface area contributed by atoms with Gasteiger partial charge in [0.2, 0.25) is 0 Å². The van der Waals surface area contributed by atoms with Crippen molar-refractivity contribution in [2.24, 2.45) is 0 Å². The molecule has 110 valence electrons. The largest absolute Gasteiger partial charge is 0.465 e. The lowest BCUT2D eigenvalue weighted by Crippen LogP contribution is -2.04. The van der Waals surface area contributed by atoms with Crippen molar-refractivity contribution < 1.29 is 9.53 Å². The van der Waals surface area contributed by atoms with E-state index in [-0.39, 0.29) is 5.97 Å². The van der Waals surface area contributed by atoms with Crippen LogP contribution in [-0.4, -0.2) is 23.0 Å². The molecule has 5 nitrogen and oxygen atoms in total. The number of carbonyl (C=O) groups is 1. The maximum Gasteiger partial charge on any atom is 0.337 e. The molecule has 0 spiro atoms. The van der Waals surface area contributed by atoms with Gasteiger partial charge in [-0.1, -0.05) is 24.3 Å². The number of hydrogen-bond acceptors (Lipinski definition) is 5. The number of aromatic nitrogens is 2. The lowest BCUT2D eigenvalue weighted by atomic mass is 10.1. The summed E-state index contributed by atoms with van der Waals surface area (Å²) in [4.78, 5) is 19.9. The smallest absolute Gasteiger partial charge is 0.337 e. The van der Waals surface area contributed by atoms with Gasteiger partial charge in [-0.25, -0.2) is 14.8 Å². The fourth-order valence-corrected chi connectivity index (χ4v) is 2.21. The van der Waals surface area contributed by atoms with Gasteiger partial charge in [0.15, 0.2) is 0 Å². The lowest BCUT2D eigenvalue weighted by Gasteiger charge is -2.08. The number of ether oxygens (including phenoxy) is 1. The lowest BCUT2D eigenvalue weighted by molar-refractivity contribution is 0.0600. The maximum atomic E-state index is 11.4. The van der Waals surface area contributed by atoms with Crippen LogP contribution in [0, 0.1) is 0 Å². The van der Waals surface area contributed by atoms with Crippen LogP contribution in [0.4, 0.5) is 5.82 Å². The van der Waals surface area contributed by atoms with Crippen LogP contribution in [-0.2, 0) is 11.3 Å². The first-order valence-electron chi connectivity index (χ1n) is 6.89. The Labute approximate surface area is 128 Å². The number of nitrogens with one attached hydrogen (secondary N) is 1. The molecule has 0 fully saturated rings. The molecule has 3 aromatic rings. The molecular weight excluding hydrogens is 278 g/mol. The van der Waals surface area contributed by atoms with Gasteiger partial charge in [-0.2, -0.15) is 0 Å². The van der Waals surface area contributed by atoms with Gasteiger partial charge in [-0.3, -0.25) is 0 Å². The summed E-state index contributed by atoms with van der Waals surface area (Å²) in [6.45, 7) is 0.614.